The SMILES string of the molecule is CN(C)c1ccc(C#N)c2c1C[C@H]1C[C@H]3[C@H](N(C)C)C(=O)C(C(N)=O)C(=O)[C@@]3(O)C(=O)C1C2=O. The normalized spacial score (nSPS) is 32.6. The van der Waals surface area contributed by atoms with Crippen LogP contribution in [-0.4, -0.2) is 78.9 Å². The summed E-state index contributed by atoms with van der Waals surface area (Å²) < 4.78 is 0. The number of nitrogens with zero attached hydrogens (tertiary/aromatic N) is 3. The molecular formula is C24H26N4O6. The van der Waals surface area contributed by atoms with Gasteiger partial charge < -0.3 is 15.7 Å². The lowest BCUT2D eigenvalue weighted by atomic mass is 9.52. The molecule has 1 aromatic rings. The predicted molar refractivity (Wildman–Crippen MR) is 119 cm³/mol. The minimum absolute atomic E-state index is 0.0353. The van der Waals surface area contributed by atoms with E-state index in [9.17, 15) is 34.3 Å². The first-order chi connectivity index (χ1) is 15.9. The van der Waals surface area contributed by atoms with Crippen molar-refractivity contribution in [3.63, 3.8) is 0 Å². The van der Waals surface area contributed by atoms with Crippen molar-refractivity contribution in [2.24, 2.45) is 29.4 Å². The molecule has 3 aliphatic carbocycles. The Kier molecular flexibility index (Phi) is 5.46. The summed E-state index contributed by atoms with van der Waals surface area (Å²) >= 11 is 0. The third-order valence-corrected chi connectivity index (χ3v) is 7.54. The number of hydrogen-bond donors (Lipinski definition) is 2. The van der Waals surface area contributed by atoms with Crippen molar-refractivity contribution in [2.75, 3.05) is 33.1 Å². The smallest absolute Gasteiger partial charge is 0.235 e. The number of anilines is 1. The zero-order chi connectivity index (χ0) is 25.3. The van der Waals surface area contributed by atoms with E-state index >= 15 is 0 Å². The average Bonchev–Trinajstić information content (AvgIpc) is 2.74. The Balaban J connectivity index is 1.91. The molecule has 0 aliphatic heterocycles. The van der Waals surface area contributed by atoms with Crippen LogP contribution in [0, 0.1) is 35.0 Å². The molecule has 10 heteroatoms. The Bertz CT molecular complexity index is 1200. The number of amides is 1. The third kappa shape index (κ3) is 2.97. The first-order valence-corrected chi connectivity index (χ1v) is 11.0. The van der Waals surface area contributed by atoms with Crippen LogP contribution in [0.5, 0.6) is 0 Å². The van der Waals surface area contributed by atoms with Crippen molar-refractivity contribution in [1.82, 2.24) is 4.90 Å². The fourth-order valence-corrected chi connectivity index (χ4v) is 6.12. The quantitative estimate of drug-likeness (QED) is 0.538. The number of ketones is 4. The van der Waals surface area contributed by atoms with Gasteiger partial charge in [-0.05, 0) is 50.6 Å². The van der Waals surface area contributed by atoms with E-state index in [1.54, 1.807) is 34.3 Å². The summed E-state index contributed by atoms with van der Waals surface area (Å²) in [6.07, 6.45) is 0.294. The Labute approximate surface area is 196 Å². The van der Waals surface area contributed by atoms with Gasteiger partial charge in [0, 0.05) is 31.3 Å². The van der Waals surface area contributed by atoms with Gasteiger partial charge in [-0.3, -0.25) is 28.9 Å². The number of primary amides is 1. The van der Waals surface area contributed by atoms with E-state index in [1.807, 2.05) is 11.0 Å². The highest BCUT2D eigenvalue weighted by Gasteiger charge is 2.69. The molecule has 0 radical (unpaired) electrons. The first kappa shape index (κ1) is 23.7. The Morgan fingerprint density at radius 2 is 1.79 bits per heavy atom. The van der Waals surface area contributed by atoms with Crippen molar-refractivity contribution in [3.8, 4) is 6.07 Å². The molecule has 4 rings (SSSR count). The van der Waals surface area contributed by atoms with Gasteiger partial charge in [0.2, 0.25) is 5.91 Å². The van der Waals surface area contributed by atoms with E-state index < -0.39 is 64.4 Å². The monoisotopic (exact) mass is 466 g/mol. The highest BCUT2D eigenvalue weighted by molar-refractivity contribution is 6.32. The summed E-state index contributed by atoms with van der Waals surface area (Å²) in [6, 6.07) is 4.13. The molecule has 0 bridgehead atoms. The Morgan fingerprint density at radius 1 is 1.15 bits per heavy atom. The zero-order valence-electron chi connectivity index (χ0n) is 19.4. The third-order valence-electron chi connectivity index (χ3n) is 7.54. The number of hydrogen-bond acceptors (Lipinski definition) is 9. The average molecular weight is 466 g/mol. The molecule has 0 saturated heterocycles. The number of fused-ring (bicyclic) bond motifs is 3. The van der Waals surface area contributed by atoms with E-state index in [1.165, 1.54) is 11.0 Å². The lowest BCUT2D eigenvalue weighted by Gasteiger charge is -2.52. The molecule has 1 amide bonds. The standard InChI is InChI=1S/C24H26N4O6/c1-27(2)14-6-5-10(9-25)15-12(14)7-11-8-13-18(28(3)4)20(30)17(23(26)33)22(32)24(13,34)21(31)16(11)19(15)29/h5-6,11,13,16-18,34H,7-8H2,1-4H3,(H2,26,33)/t11-,13-,16?,17?,18-,24-/m0/s1. The van der Waals surface area contributed by atoms with Crippen LogP contribution in [0.4, 0.5) is 5.69 Å². The fraction of sp³-hybridized carbons (Fsp3) is 0.500. The van der Waals surface area contributed by atoms with Crippen LogP contribution in [0.1, 0.15) is 27.9 Å². The van der Waals surface area contributed by atoms with Gasteiger partial charge in [0.1, 0.15) is 0 Å². The number of likely N-dealkylation sites (N-methyl/N-ethyl adjacent to an activating group) is 1. The number of carbonyl (C=O) groups excluding carboxylic acids is 5. The van der Waals surface area contributed by atoms with Gasteiger partial charge in [-0.1, -0.05) is 0 Å². The van der Waals surface area contributed by atoms with Gasteiger partial charge in [0.15, 0.2) is 34.7 Å². The Morgan fingerprint density at radius 3 is 2.32 bits per heavy atom. The Hall–Kier alpha value is -3.42. The molecule has 10 nitrogen and oxygen atoms in total. The number of nitriles is 1. The lowest BCUT2D eigenvalue weighted by Crippen LogP contribution is -2.74. The molecule has 0 aromatic heterocycles. The van der Waals surface area contributed by atoms with E-state index in [4.69, 9.17) is 5.73 Å². The van der Waals surface area contributed by atoms with Crippen LogP contribution >= 0.6 is 0 Å². The highest BCUT2D eigenvalue weighted by atomic mass is 16.3. The number of rotatable bonds is 3. The predicted octanol–water partition coefficient (Wildman–Crippen LogP) is -0.901. The highest BCUT2D eigenvalue weighted by Crippen LogP contribution is 2.51. The van der Waals surface area contributed by atoms with Gasteiger partial charge >= 0.3 is 0 Å². The number of benzene rings is 1. The molecule has 3 aliphatic rings. The van der Waals surface area contributed by atoms with Gasteiger partial charge in [-0.25, -0.2) is 0 Å². The van der Waals surface area contributed by atoms with Crippen molar-refractivity contribution in [2.45, 2.75) is 24.5 Å². The molecule has 2 fully saturated rings. The summed E-state index contributed by atoms with van der Waals surface area (Å²) in [5.41, 5.74) is 4.18. The zero-order valence-corrected chi connectivity index (χ0v) is 19.4. The maximum absolute atomic E-state index is 13.7. The number of Topliss-reactive ketones (excluding diaryl/α,β-unsaturated/α-hetero) is 4. The van der Waals surface area contributed by atoms with E-state index in [0.717, 1.165) is 5.69 Å². The number of carbonyl (C=O) groups is 5. The van der Waals surface area contributed by atoms with E-state index in [0.29, 0.717) is 5.56 Å². The summed E-state index contributed by atoms with van der Waals surface area (Å²) in [4.78, 5) is 69.0. The summed E-state index contributed by atoms with van der Waals surface area (Å²) in [5, 5.41) is 21.2. The molecule has 178 valence electrons. The minimum atomic E-state index is -2.71. The minimum Gasteiger partial charge on any atom is -0.377 e. The van der Waals surface area contributed by atoms with Crippen LogP contribution in [0.15, 0.2) is 12.1 Å². The molecule has 3 N–H and O–H groups in total. The molecule has 6 atom stereocenters. The number of aliphatic hydroxyl groups is 1. The molecule has 1 aromatic carbocycles. The topological polar surface area (TPSA) is 162 Å². The molecular weight excluding hydrogens is 440 g/mol. The van der Waals surface area contributed by atoms with Crippen molar-refractivity contribution in [3.05, 3.63) is 28.8 Å². The van der Waals surface area contributed by atoms with Crippen molar-refractivity contribution < 1.29 is 29.1 Å². The van der Waals surface area contributed by atoms with Crippen LogP contribution in [0.2, 0.25) is 0 Å². The van der Waals surface area contributed by atoms with Crippen LogP contribution in [0.3, 0.4) is 0 Å². The second-order valence-corrected chi connectivity index (χ2v) is 9.78. The molecule has 0 spiro atoms. The second-order valence-electron chi connectivity index (χ2n) is 9.78. The summed E-state index contributed by atoms with van der Waals surface area (Å²) in [6.45, 7) is 0. The fourth-order valence-electron chi connectivity index (χ4n) is 6.12. The maximum atomic E-state index is 13.7. The largest absolute Gasteiger partial charge is 0.377 e. The lowest BCUT2D eigenvalue weighted by molar-refractivity contribution is -0.181. The van der Waals surface area contributed by atoms with Crippen LogP contribution in [0.25, 0.3) is 0 Å². The maximum Gasteiger partial charge on any atom is 0.235 e. The summed E-state index contributed by atoms with van der Waals surface area (Å²) in [7, 11) is 6.71. The number of nitrogens with two attached hydrogens (primary N) is 1. The van der Waals surface area contributed by atoms with Gasteiger partial charge in [-0.15, -0.1) is 0 Å². The molecule has 2 unspecified atom stereocenters. The van der Waals surface area contributed by atoms with Crippen LogP contribution in [-0.2, 0) is 25.6 Å². The van der Waals surface area contributed by atoms with Gasteiger partial charge in [0.25, 0.3) is 0 Å². The molecule has 2 saturated carbocycles. The molecule has 0 heterocycles. The second kappa shape index (κ2) is 7.82. The van der Waals surface area contributed by atoms with E-state index in [2.05, 4.69) is 0 Å². The van der Waals surface area contributed by atoms with Crippen molar-refractivity contribution in [1.29, 1.82) is 5.26 Å². The van der Waals surface area contributed by atoms with E-state index in [-0.39, 0.29) is 24.0 Å². The van der Waals surface area contributed by atoms with Crippen molar-refractivity contribution >= 4 is 34.7 Å². The van der Waals surface area contributed by atoms with Gasteiger partial charge in [0.05, 0.1) is 23.6 Å². The molecule has 34 heavy (non-hydrogen) atoms. The summed E-state index contributed by atoms with van der Waals surface area (Å²) in [5.74, 6) is -10.00. The first-order valence-electron chi connectivity index (χ1n) is 11.0. The van der Waals surface area contributed by atoms with Crippen LogP contribution < -0.4 is 10.6 Å². The van der Waals surface area contributed by atoms with Gasteiger partial charge in [-0.2, -0.15) is 5.26 Å².